The lowest BCUT2D eigenvalue weighted by molar-refractivity contribution is -0.137. The molecule has 5 aliphatic heterocycles. The molecule has 1 atom stereocenters. The fourth-order valence-corrected chi connectivity index (χ4v) is 9.07. The van der Waals surface area contributed by atoms with Crippen molar-refractivity contribution in [2.75, 3.05) is 49.5 Å². The molecule has 1 aromatic heterocycles. The Hall–Kier alpha value is -5.86. The molecule has 0 spiro atoms. The summed E-state index contributed by atoms with van der Waals surface area (Å²) in [6.45, 7) is 7.98. The molecule has 5 amide bonds. The van der Waals surface area contributed by atoms with E-state index in [0.29, 0.717) is 55.5 Å². The number of hydrogen-bond acceptors (Lipinski definition) is 9. The lowest BCUT2D eigenvalue weighted by Crippen LogP contribution is -2.53. The predicted octanol–water partition coefficient (Wildman–Crippen LogP) is 3.29. The summed E-state index contributed by atoms with van der Waals surface area (Å²) in [5, 5.41) is 12.7. The van der Waals surface area contributed by atoms with Crippen LogP contribution in [0, 0.1) is 0 Å². The number of carbonyl (C=O) groups excluding carboxylic acids is 5. The third-order valence-electron chi connectivity index (χ3n) is 12.3. The van der Waals surface area contributed by atoms with Crippen molar-refractivity contribution in [1.82, 2.24) is 35.1 Å². The minimum atomic E-state index is -0.598. The summed E-state index contributed by atoms with van der Waals surface area (Å²) in [4.78, 5) is 74.2. The average Bonchev–Trinajstić information content (AvgIpc) is 3.92. The van der Waals surface area contributed by atoms with Gasteiger partial charge in [0.25, 0.3) is 11.8 Å². The monoisotopic (exact) mass is 769 g/mol. The number of piperazine rings is 1. The van der Waals surface area contributed by atoms with E-state index in [2.05, 4.69) is 41.6 Å². The van der Waals surface area contributed by atoms with Crippen molar-refractivity contribution in [3.63, 3.8) is 0 Å². The molecule has 4 aromatic rings. The van der Waals surface area contributed by atoms with Gasteiger partial charge in [-0.1, -0.05) is 42.5 Å². The summed E-state index contributed by atoms with van der Waals surface area (Å²) in [6, 6.07) is 23.4. The molecule has 0 saturated carbocycles. The zero-order chi connectivity index (χ0) is 39.0. The molecule has 0 radical (unpaired) electrons. The van der Waals surface area contributed by atoms with E-state index in [-0.39, 0.29) is 36.0 Å². The lowest BCUT2D eigenvalue weighted by Gasteiger charge is -2.43. The summed E-state index contributed by atoms with van der Waals surface area (Å²) in [5.41, 5.74) is 7.11. The van der Waals surface area contributed by atoms with Crippen LogP contribution >= 0.6 is 0 Å². The molecule has 3 fully saturated rings. The molecule has 14 nitrogen and oxygen atoms in total. The maximum atomic E-state index is 13.2. The van der Waals surface area contributed by atoms with Crippen molar-refractivity contribution < 1.29 is 24.0 Å². The number of piperidine rings is 2. The smallest absolute Gasteiger partial charge is 0.256 e. The number of amides is 5. The van der Waals surface area contributed by atoms with Crippen LogP contribution in [0.4, 0.5) is 11.5 Å². The van der Waals surface area contributed by atoms with Gasteiger partial charge in [-0.25, -0.2) is 0 Å². The number of nitrogens with one attached hydrogen (secondary N) is 3. The van der Waals surface area contributed by atoms with E-state index < -0.39 is 6.04 Å². The number of nitrogens with zero attached hydrogens (tertiary/aromatic N) is 6. The topological polar surface area (TPSA) is 154 Å². The Bertz CT molecular complexity index is 2190. The Morgan fingerprint density at radius 2 is 1.58 bits per heavy atom. The van der Waals surface area contributed by atoms with Gasteiger partial charge in [-0.05, 0) is 66.3 Å². The minimum absolute atomic E-state index is 0.0396. The largest absolute Gasteiger partial charge is 0.371 e. The van der Waals surface area contributed by atoms with Gasteiger partial charge in [0.1, 0.15) is 6.04 Å². The standard InChI is InChI=1S/C43H47N9O5/c53-38-13-12-37(42(56)44-38)52-25-31-22-29(6-11-34(31)43(52)57)24-48-18-20-50(21-19-48)33-14-16-49(17-15-33)32-9-7-30(8-10-32)41(55)45-40-35-26-51(27-36(35)46-47-40)39(54)23-28-4-2-1-3-5-28/h1-11,22,33,37H,12-21,23-27H2,(H,44,53,56)(H2,45,46,47,55). The van der Waals surface area contributed by atoms with Gasteiger partial charge in [-0.15, -0.1) is 0 Å². The quantitative estimate of drug-likeness (QED) is 0.218. The number of aromatic amines is 1. The number of aromatic nitrogens is 2. The molecule has 57 heavy (non-hydrogen) atoms. The second-order valence-electron chi connectivity index (χ2n) is 15.9. The van der Waals surface area contributed by atoms with Crippen molar-refractivity contribution in [3.05, 3.63) is 112 Å². The first-order valence-corrected chi connectivity index (χ1v) is 20.0. The molecule has 14 heteroatoms. The van der Waals surface area contributed by atoms with Gasteiger partial charge in [0.2, 0.25) is 17.7 Å². The molecule has 3 saturated heterocycles. The van der Waals surface area contributed by atoms with E-state index in [4.69, 9.17) is 0 Å². The van der Waals surface area contributed by atoms with Crippen molar-refractivity contribution in [3.8, 4) is 0 Å². The summed E-state index contributed by atoms with van der Waals surface area (Å²) >= 11 is 0. The Morgan fingerprint density at radius 3 is 2.33 bits per heavy atom. The first-order valence-electron chi connectivity index (χ1n) is 20.0. The van der Waals surface area contributed by atoms with Crippen LogP contribution in [0.5, 0.6) is 0 Å². The third kappa shape index (κ3) is 7.66. The zero-order valence-electron chi connectivity index (χ0n) is 31.9. The van der Waals surface area contributed by atoms with Gasteiger partial charge >= 0.3 is 0 Å². The summed E-state index contributed by atoms with van der Waals surface area (Å²) in [5.74, 6) is -0.521. The zero-order valence-corrected chi connectivity index (χ0v) is 31.9. The van der Waals surface area contributed by atoms with Crippen LogP contribution in [0.15, 0.2) is 72.8 Å². The van der Waals surface area contributed by atoms with Crippen LogP contribution < -0.4 is 15.5 Å². The number of H-pyrrole nitrogens is 1. The second kappa shape index (κ2) is 15.6. The van der Waals surface area contributed by atoms with E-state index in [9.17, 15) is 24.0 Å². The molecule has 1 unspecified atom stereocenters. The molecule has 5 aliphatic rings. The number of anilines is 2. The number of carbonyl (C=O) groups is 5. The predicted molar refractivity (Wildman–Crippen MR) is 212 cm³/mol. The Morgan fingerprint density at radius 1 is 0.807 bits per heavy atom. The molecule has 0 aliphatic carbocycles. The van der Waals surface area contributed by atoms with Crippen LogP contribution in [0.3, 0.4) is 0 Å². The van der Waals surface area contributed by atoms with E-state index in [0.717, 1.165) is 86.7 Å². The fraction of sp³-hybridized carbons (Fsp3) is 0.395. The highest BCUT2D eigenvalue weighted by Crippen LogP contribution is 2.31. The lowest BCUT2D eigenvalue weighted by atomic mass is 10.0. The van der Waals surface area contributed by atoms with E-state index in [1.807, 2.05) is 66.7 Å². The van der Waals surface area contributed by atoms with Crippen LogP contribution in [0.25, 0.3) is 0 Å². The number of hydrogen-bond donors (Lipinski definition) is 3. The highest BCUT2D eigenvalue weighted by Gasteiger charge is 2.39. The molecule has 3 N–H and O–H groups in total. The highest BCUT2D eigenvalue weighted by molar-refractivity contribution is 6.06. The fourth-order valence-electron chi connectivity index (χ4n) is 9.07. The number of imide groups is 1. The maximum Gasteiger partial charge on any atom is 0.256 e. The van der Waals surface area contributed by atoms with Gasteiger partial charge in [-0.2, -0.15) is 5.10 Å². The van der Waals surface area contributed by atoms with E-state index in [1.54, 1.807) is 9.80 Å². The number of rotatable bonds is 9. The normalized spacial score (nSPS) is 20.5. The molecule has 294 valence electrons. The summed E-state index contributed by atoms with van der Waals surface area (Å²) in [6.07, 6.45) is 3.12. The molecular formula is C43H47N9O5. The van der Waals surface area contributed by atoms with Crippen molar-refractivity contribution in [2.24, 2.45) is 0 Å². The molecule has 9 rings (SSSR count). The van der Waals surface area contributed by atoms with Gasteiger partial charge in [0.15, 0.2) is 5.82 Å². The van der Waals surface area contributed by atoms with Gasteiger partial charge in [-0.3, -0.25) is 44.2 Å². The van der Waals surface area contributed by atoms with Crippen LogP contribution in [-0.4, -0.2) is 111 Å². The first kappa shape index (κ1) is 36.8. The molecule has 0 bridgehead atoms. The Labute approximate surface area is 331 Å². The van der Waals surface area contributed by atoms with E-state index in [1.165, 1.54) is 5.56 Å². The van der Waals surface area contributed by atoms with Gasteiger partial charge < -0.3 is 20.0 Å². The maximum absolute atomic E-state index is 13.2. The van der Waals surface area contributed by atoms with Gasteiger partial charge in [0.05, 0.1) is 25.2 Å². The second-order valence-corrected chi connectivity index (χ2v) is 15.9. The third-order valence-corrected chi connectivity index (χ3v) is 12.3. The Kier molecular flexibility index (Phi) is 10.1. The number of benzene rings is 3. The first-order chi connectivity index (χ1) is 27.8. The van der Waals surface area contributed by atoms with Crippen molar-refractivity contribution >= 4 is 41.0 Å². The van der Waals surface area contributed by atoms with Crippen LogP contribution in [0.1, 0.15) is 74.3 Å². The molecule has 6 heterocycles. The van der Waals surface area contributed by atoms with Crippen molar-refractivity contribution in [1.29, 1.82) is 0 Å². The number of fused-ring (bicyclic) bond motifs is 2. The van der Waals surface area contributed by atoms with Crippen molar-refractivity contribution in [2.45, 2.75) is 70.4 Å². The Balaban J connectivity index is 0.717. The van der Waals surface area contributed by atoms with Gasteiger partial charge in [0, 0.05) is 87.2 Å². The van der Waals surface area contributed by atoms with Crippen LogP contribution in [0.2, 0.25) is 0 Å². The van der Waals surface area contributed by atoms with Crippen LogP contribution in [-0.2, 0) is 47.0 Å². The SMILES string of the molecule is O=C1CCC(N2Cc3cc(CN4CCN(C5CCN(c6ccc(C(=O)Nc7n[nH]c8c7CN(C(=O)Cc7ccccc7)C8)cc6)CC5)CC4)ccc3C2=O)C(=O)N1. The summed E-state index contributed by atoms with van der Waals surface area (Å²) in [7, 11) is 0. The average molecular weight is 770 g/mol. The van der Waals surface area contributed by atoms with E-state index >= 15 is 0 Å². The molecule has 3 aromatic carbocycles. The summed E-state index contributed by atoms with van der Waals surface area (Å²) < 4.78 is 0. The molecular weight excluding hydrogens is 723 g/mol. The highest BCUT2D eigenvalue weighted by atomic mass is 16.2. The minimum Gasteiger partial charge on any atom is -0.371 e.